The molecule has 140 valence electrons. The van der Waals surface area contributed by atoms with Gasteiger partial charge in [-0.25, -0.2) is 18.7 Å². The van der Waals surface area contributed by atoms with Crippen molar-refractivity contribution in [2.24, 2.45) is 0 Å². The maximum atomic E-state index is 13.7. The van der Waals surface area contributed by atoms with Crippen molar-refractivity contribution in [3.05, 3.63) is 48.4 Å². The fourth-order valence-electron chi connectivity index (χ4n) is 3.37. The fourth-order valence-corrected chi connectivity index (χ4v) is 3.37. The van der Waals surface area contributed by atoms with Crippen LogP contribution in [0.5, 0.6) is 5.75 Å². The van der Waals surface area contributed by atoms with Crippen LogP contribution in [0, 0.1) is 11.6 Å². The lowest BCUT2D eigenvalue weighted by Crippen LogP contribution is -2.31. The molecule has 1 aliphatic carbocycles. The van der Waals surface area contributed by atoms with Gasteiger partial charge in [-0.3, -0.25) is 4.98 Å². The van der Waals surface area contributed by atoms with Crippen molar-refractivity contribution < 1.29 is 13.5 Å². The summed E-state index contributed by atoms with van der Waals surface area (Å²) in [7, 11) is 0. The Morgan fingerprint density at radius 2 is 1.78 bits per heavy atom. The number of fused-ring (bicyclic) bond motifs is 1. The standard InChI is InChI=1S/C19H19F2N5O/c20-11-7-15(21)19(25-10-11)26-13-1-3-14(4-2-13)27-17-9-12(22)8-16-18(17)24-6-5-23-16/h5-10,13-14H,1-4,22H2,(H,25,26). The van der Waals surface area contributed by atoms with E-state index >= 15 is 0 Å². The van der Waals surface area contributed by atoms with Crippen LogP contribution in [0.15, 0.2) is 36.8 Å². The molecule has 0 saturated heterocycles. The average molecular weight is 371 g/mol. The van der Waals surface area contributed by atoms with Gasteiger partial charge in [-0.15, -0.1) is 0 Å². The number of nitrogen functional groups attached to an aromatic ring is 1. The summed E-state index contributed by atoms with van der Waals surface area (Å²) in [5.41, 5.74) is 7.89. The van der Waals surface area contributed by atoms with Crippen LogP contribution in [0.25, 0.3) is 11.0 Å². The number of pyridine rings is 1. The number of hydrogen-bond acceptors (Lipinski definition) is 6. The first-order chi connectivity index (χ1) is 13.1. The monoisotopic (exact) mass is 371 g/mol. The predicted molar refractivity (Wildman–Crippen MR) is 98.4 cm³/mol. The average Bonchev–Trinajstić information content (AvgIpc) is 2.65. The molecule has 0 unspecified atom stereocenters. The Morgan fingerprint density at radius 1 is 1.00 bits per heavy atom. The number of rotatable bonds is 4. The van der Waals surface area contributed by atoms with Gasteiger partial charge in [0.05, 0.1) is 17.8 Å². The van der Waals surface area contributed by atoms with E-state index in [1.165, 1.54) is 0 Å². The zero-order valence-electron chi connectivity index (χ0n) is 14.5. The van der Waals surface area contributed by atoms with Crippen LogP contribution in [0.2, 0.25) is 0 Å². The Kier molecular flexibility index (Phi) is 4.70. The van der Waals surface area contributed by atoms with E-state index in [0.29, 0.717) is 22.5 Å². The highest BCUT2D eigenvalue weighted by molar-refractivity contribution is 5.84. The van der Waals surface area contributed by atoms with E-state index in [1.807, 2.05) is 0 Å². The smallest absolute Gasteiger partial charge is 0.168 e. The van der Waals surface area contributed by atoms with Gasteiger partial charge in [0.2, 0.25) is 0 Å². The molecule has 0 amide bonds. The number of ether oxygens (including phenoxy) is 1. The molecular formula is C19H19F2N5O. The first-order valence-corrected chi connectivity index (χ1v) is 8.83. The molecule has 27 heavy (non-hydrogen) atoms. The lowest BCUT2D eigenvalue weighted by Gasteiger charge is -2.30. The Labute approximate surface area is 154 Å². The molecule has 1 saturated carbocycles. The molecule has 2 aromatic heterocycles. The third-order valence-corrected chi connectivity index (χ3v) is 4.68. The first-order valence-electron chi connectivity index (χ1n) is 8.83. The summed E-state index contributed by atoms with van der Waals surface area (Å²) in [6.07, 6.45) is 7.41. The van der Waals surface area contributed by atoms with Crippen LogP contribution >= 0.6 is 0 Å². The third kappa shape index (κ3) is 3.89. The van der Waals surface area contributed by atoms with E-state index in [1.54, 1.807) is 24.5 Å². The maximum Gasteiger partial charge on any atom is 0.168 e. The molecule has 6 nitrogen and oxygen atoms in total. The van der Waals surface area contributed by atoms with Crippen molar-refractivity contribution in [1.82, 2.24) is 15.0 Å². The molecule has 1 fully saturated rings. The van der Waals surface area contributed by atoms with Gasteiger partial charge >= 0.3 is 0 Å². The maximum absolute atomic E-state index is 13.7. The number of nitrogens with two attached hydrogens (primary N) is 1. The van der Waals surface area contributed by atoms with Crippen molar-refractivity contribution in [1.29, 1.82) is 0 Å². The van der Waals surface area contributed by atoms with Crippen LogP contribution in [0.3, 0.4) is 0 Å². The second kappa shape index (κ2) is 7.30. The number of benzene rings is 1. The summed E-state index contributed by atoms with van der Waals surface area (Å²) in [6.45, 7) is 0. The predicted octanol–water partition coefficient (Wildman–Crippen LogP) is 3.69. The van der Waals surface area contributed by atoms with Gasteiger partial charge in [-0.05, 0) is 31.7 Å². The normalized spacial score (nSPS) is 19.8. The zero-order valence-corrected chi connectivity index (χ0v) is 14.5. The quantitative estimate of drug-likeness (QED) is 0.681. The molecule has 4 rings (SSSR count). The molecule has 0 atom stereocenters. The first kappa shape index (κ1) is 17.4. The number of nitrogens with one attached hydrogen (secondary N) is 1. The van der Waals surface area contributed by atoms with Gasteiger partial charge < -0.3 is 15.8 Å². The Hall–Kier alpha value is -3.03. The summed E-state index contributed by atoms with van der Waals surface area (Å²) in [5.74, 6) is -0.663. The van der Waals surface area contributed by atoms with E-state index in [2.05, 4.69) is 20.3 Å². The SMILES string of the molecule is Nc1cc(OC2CCC(Nc3ncc(F)cc3F)CC2)c2nccnc2c1. The van der Waals surface area contributed by atoms with Gasteiger partial charge in [0.1, 0.15) is 17.1 Å². The number of nitrogens with zero attached hydrogens (tertiary/aromatic N) is 3. The van der Waals surface area contributed by atoms with E-state index in [0.717, 1.165) is 37.9 Å². The number of anilines is 2. The molecule has 0 bridgehead atoms. The van der Waals surface area contributed by atoms with E-state index in [4.69, 9.17) is 10.5 Å². The molecule has 0 spiro atoms. The zero-order chi connectivity index (χ0) is 18.8. The van der Waals surface area contributed by atoms with Crippen LogP contribution in [-0.4, -0.2) is 27.1 Å². The number of aromatic nitrogens is 3. The van der Waals surface area contributed by atoms with E-state index < -0.39 is 11.6 Å². The number of hydrogen-bond donors (Lipinski definition) is 2. The third-order valence-electron chi connectivity index (χ3n) is 4.68. The van der Waals surface area contributed by atoms with Gasteiger partial charge in [0.15, 0.2) is 11.6 Å². The van der Waals surface area contributed by atoms with Crippen molar-refractivity contribution in [2.75, 3.05) is 11.1 Å². The molecule has 3 aromatic rings. The van der Waals surface area contributed by atoms with Gasteiger partial charge in [-0.1, -0.05) is 0 Å². The molecule has 1 aromatic carbocycles. The molecule has 0 radical (unpaired) electrons. The van der Waals surface area contributed by atoms with Crippen LogP contribution in [0.1, 0.15) is 25.7 Å². The van der Waals surface area contributed by atoms with Crippen LogP contribution in [0.4, 0.5) is 20.3 Å². The summed E-state index contributed by atoms with van der Waals surface area (Å²) in [5, 5.41) is 3.05. The molecule has 0 aliphatic heterocycles. The lowest BCUT2D eigenvalue weighted by molar-refractivity contribution is 0.152. The highest BCUT2D eigenvalue weighted by atomic mass is 19.1. The summed E-state index contributed by atoms with van der Waals surface area (Å²) < 4.78 is 32.8. The molecule has 3 N–H and O–H groups in total. The summed E-state index contributed by atoms with van der Waals surface area (Å²) in [6, 6.07) is 4.42. The van der Waals surface area contributed by atoms with Crippen molar-refractivity contribution in [2.45, 2.75) is 37.8 Å². The summed E-state index contributed by atoms with van der Waals surface area (Å²) >= 11 is 0. The van der Waals surface area contributed by atoms with Crippen molar-refractivity contribution in [3.63, 3.8) is 0 Å². The minimum Gasteiger partial charge on any atom is -0.488 e. The van der Waals surface area contributed by atoms with Gasteiger partial charge in [0.25, 0.3) is 0 Å². The Balaban J connectivity index is 1.40. The minimum atomic E-state index is -0.687. The van der Waals surface area contributed by atoms with Gasteiger partial charge in [-0.2, -0.15) is 0 Å². The van der Waals surface area contributed by atoms with Crippen LogP contribution in [-0.2, 0) is 0 Å². The molecule has 8 heteroatoms. The topological polar surface area (TPSA) is 86.0 Å². The van der Waals surface area contributed by atoms with Crippen LogP contribution < -0.4 is 15.8 Å². The largest absolute Gasteiger partial charge is 0.488 e. The Bertz CT molecular complexity index is 960. The van der Waals surface area contributed by atoms with Crippen molar-refractivity contribution in [3.8, 4) is 5.75 Å². The second-order valence-corrected chi connectivity index (χ2v) is 6.66. The number of halogens is 2. The van der Waals surface area contributed by atoms with E-state index in [-0.39, 0.29) is 18.0 Å². The highest BCUT2D eigenvalue weighted by Crippen LogP contribution is 2.31. The minimum absolute atomic E-state index is 0.0149. The lowest BCUT2D eigenvalue weighted by atomic mass is 9.93. The highest BCUT2D eigenvalue weighted by Gasteiger charge is 2.24. The van der Waals surface area contributed by atoms with Gasteiger partial charge in [0, 0.05) is 36.3 Å². The Morgan fingerprint density at radius 3 is 2.56 bits per heavy atom. The fraction of sp³-hybridized carbons (Fsp3) is 0.316. The van der Waals surface area contributed by atoms with Crippen molar-refractivity contribution >= 4 is 22.5 Å². The van der Waals surface area contributed by atoms with E-state index in [9.17, 15) is 8.78 Å². The molecule has 2 heterocycles. The summed E-state index contributed by atoms with van der Waals surface area (Å²) in [4.78, 5) is 12.4. The second-order valence-electron chi connectivity index (χ2n) is 6.66. The molecule has 1 aliphatic rings. The molecular weight excluding hydrogens is 352 g/mol.